The minimum Gasteiger partial charge on any atom is -0.495 e. The standard InChI is InChI=1S/C22H32N2O3/c1-15(25)23-18-14-21(27-20-8-4-3-7-17(18)20)16-9-10-19(22(13-16)26-2)24-11-5-6-12-24/h9-10,13,17-18,20-21H,3-8,11-12,14H2,1-2H3,(H,23,25)/t17-,18+,20+,21+/m0/s1. The molecule has 3 fully saturated rings. The van der Waals surface area contributed by atoms with Crippen molar-refractivity contribution in [3.8, 4) is 5.75 Å². The van der Waals surface area contributed by atoms with Crippen LogP contribution in [0.15, 0.2) is 18.2 Å². The fraction of sp³-hybridized carbons (Fsp3) is 0.682. The van der Waals surface area contributed by atoms with Crippen molar-refractivity contribution in [2.45, 2.75) is 70.1 Å². The van der Waals surface area contributed by atoms with Gasteiger partial charge >= 0.3 is 0 Å². The Kier molecular flexibility index (Phi) is 5.58. The van der Waals surface area contributed by atoms with E-state index < -0.39 is 0 Å². The zero-order valence-corrected chi connectivity index (χ0v) is 16.6. The molecule has 1 amide bonds. The smallest absolute Gasteiger partial charge is 0.217 e. The number of hydrogen-bond donors (Lipinski definition) is 1. The van der Waals surface area contributed by atoms with Crippen molar-refractivity contribution in [3.63, 3.8) is 0 Å². The minimum absolute atomic E-state index is 0.0164. The Morgan fingerprint density at radius 1 is 1.19 bits per heavy atom. The third-order valence-corrected chi connectivity index (χ3v) is 6.49. The molecule has 4 rings (SSSR count). The summed E-state index contributed by atoms with van der Waals surface area (Å²) in [5, 5.41) is 3.21. The number of benzene rings is 1. The Morgan fingerprint density at radius 3 is 2.70 bits per heavy atom. The van der Waals surface area contributed by atoms with Crippen LogP contribution < -0.4 is 15.0 Å². The molecular formula is C22H32N2O3. The third-order valence-electron chi connectivity index (χ3n) is 6.49. The van der Waals surface area contributed by atoms with Gasteiger partial charge < -0.3 is 19.7 Å². The van der Waals surface area contributed by atoms with Crippen molar-refractivity contribution in [1.82, 2.24) is 5.32 Å². The van der Waals surface area contributed by atoms with E-state index in [4.69, 9.17) is 9.47 Å². The number of anilines is 1. The number of carbonyl (C=O) groups excluding carboxylic acids is 1. The van der Waals surface area contributed by atoms with Gasteiger partial charge in [-0.05, 0) is 49.8 Å². The highest BCUT2D eigenvalue weighted by atomic mass is 16.5. The SMILES string of the molecule is COc1cc([C@H]2C[C@@H](NC(C)=O)[C@@H]3CCCC[C@H]3O2)ccc1N1CCCC1. The predicted molar refractivity (Wildman–Crippen MR) is 106 cm³/mol. The molecule has 0 aromatic heterocycles. The molecule has 2 heterocycles. The van der Waals surface area contributed by atoms with Gasteiger partial charge in [0.1, 0.15) is 5.75 Å². The first-order valence-corrected chi connectivity index (χ1v) is 10.5. The van der Waals surface area contributed by atoms with E-state index in [0.717, 1.165) is 43.7 Å². The van der Waals surface area contributed by atoms with Gasteiger partial charge in [-0.25, -0.2) is 0 Å². The summed E-state index contributed by atoms with van der Waals surface area (Å²) in [5.41, 5.74) is 2.35. The number of nitrogens with zero attached hydrogens (tertiary/aromatic N) is 1. The molecule has 0 radical (unpaired) electrons. The van der Waals surface area contributed by atoms with Gasteiger partial charge in [0.05, 0.1) is 25.0 Å². The lowest BCUT2D eigenvalue weighted by molar-refractivity contribution is -0.131. The molecule has 2 saturated heterocycles. The fourth-order valence-corrected chi connectivity index (χ4v) is 5.18. The van der Waals surface area contributed by atoms with Gasteiger partial charge in [0, 0.05) is 32.0 Å². The van der Waals surface area contributed by atoms with E-state index in [0.29, 0.717) is 5.92 Å². The largest absolute Gasteiger partial charge is 0.495 e. The van der Waals surface area contributed by atoms with Crippen molar-refractivity contribution in [2.75, 3.05) is 25.1 Å². The molecule has 0 unspecified atom stereocenters. The van der Waals surface area contributed by atoms with Crippen LogP contribution in [0.4, 0.5) is 5.69 Å². The van der Waals surface area contributed by atoms with Gasteiger partial charge in [-0.2, -0.15) is 0 Å². The summed E-state index contributed by atoms with van der Waals surface area (Å²) in [4.78, 5) is 14.1. The molecule has 1 N–H and O–H groups in total. The highest BCUT2D eigenvalue weighted by Crippen LogP contribution is 2.43. The van der Waals surface area contributed by atoms with Crippen LogP contribution in [0.1, 0.15) is 63.5 Å². The second-order valence-corrected chi connectivity index (χ2v) is 8.28. The molecule has 1 aromatic rings. The van der Waals surface area contributed by atoms with E-state index in [1.807, 2.05) is 0 Å². The van der Waals surface area contributed by atoms with E-state index >= 15 is 0 Å². The van der Waals surface area contributed by atoms with E-state index in [-0.39, 0.29) is 24.2 Å². The first-order valence-electron chi connectivity index (χ1n) is 10.5. The second-order valence-electron chi connectivity index (χ2n) is 8.28. The molecule has 4 atom stereocenters. The van der Waals surface area contributed by atoms with Gasteiger partial charge in [-0.1, -0.05) is 18.9 Å². The lowest BCUT2D eigenvalue weighted by atomic mass is 9.76. The van der Waals surface area contributed by atoms with Crippen LogP contribution in [0, 0.1) is 5.92 Å². The Hall–Kier alpha value is -1.75. The summed E-state index contributed by atoms with van der Waals surface area (Å²) < 4.78 is 12.3. The Bertz CT molecular complexity index is 672. The Balaban J connectivity index is 1.57. The van der Waals surface area contributed by atoms with Crippen molar-refractivity contribution < 1.29 is 14.3 Å². The van der Waals surface area contributed by atoms with Crippen LogP contribution in [-0.4, -0.2) is 38.3 Å². The maximum Gasteiger partial charge on any atom is 0.217 e. The van der Waals surface area contributed by atoms with E-state index in [1.54, 1.807) is 14.0 Å². The number of methoxy groups -OCH3 is 1. The van der Waals surface area contributed by atoms with Crippen LogP contribution in [-0.2, 0) is 9.53 Å². The molecule has 0 bridgehead atoms. The molecule has 3 aliphatic rings. The molecule has 0 spiro atoms. The average Bonchev–Trinajstić information content (AvgIpc) is 3.21. The highest BCUT2D eigenvalue weighted by Gasteiger charge is 2.40. The molecule has 1 saturated carbocycles. The summed E-state index contributed by atoms with van der Waals surface area (Å²) in [7, 11) is 1.75. The molecule has 1 aromatic carbocycles. The van der Waals surface area contributed by atoms with Gasteiger partial charge in [-0.15, -0.1) is 0 Å². The van der Waals surface area contributed by atoms with Crippen LogP contribution >= 0.6 is 0 Å². The lowest BCUT2D eigenvalue weighted by Crippen LogP contribution is -2.50. The van der Waals surface area contributed by atoms with E-state index in [9.17, 15) is 4.79 Å². The fourth-order valence-electron chi connectivity index (χ4n) is 5.18. The number of fused-ring (bicyclic) bond motifs is 1. The summed E-state index contributed by atoms with van der Waals surface area (Å²) in [6.45, 7) is 3.82. The highest BCUT2D eigenvalue weighted by molar-refractivity contribution is 5.73. The first kappa shape index (κ1) is 18.6. The quantitative estimate of drug-likeness (QED) is 0.873. The second kappa shape index (κ2) is 8.09. The molecule has 2 aliphatic heterocycles. The monoisotopic (exact) mass is 372 g/mol. The molecule has 1 aliphatic carbocycles. The molecular weight excluding hydrogens is 340 g/mol. The lowest BCUT2D eigenvalue weighted by Gasteiger charge is -2.45. The zero-order valence-electron chi connectivity index (χ0n) is 16.6. The van der Waals surface area contributed by atoms with Gasteiger partial charge in [-0.3, -0.25) is 4.79 Å². The van der Waals surface area contributed by atoms with Crippen molar-refractivity contribution in [3.05, 3.63) is 23.8 Å². The van der Waals surface area contributed by atoms with Gasteiger partial charge in [0.15, 0.2) is 0 Å². The number of hydrogen-bond acceptors (Lipinski definition) is 4. The van der Waals surface area contributed by atoms with Crippen LogP contribution in [0.2, 0.25) is 0 Å². The molecule has 5 heteroatoms. The zero-order chi connectivity index (χ0) is 18.8. The summed E-state index contributed by atoms with van der Waals surface area (Å²) in [6.07, 6.45) is 8.31. The summed E-state index contributed by atoms with van der Waals surface area (Å²) in [6, 6.07) is 6.72. The predicted octanol–water partition coefficient (Wildman–Crippen LogP) is 3.82. The number of nitrogens with one attached hydrogen (secondary N) is 1. The van der Waals surface area contributed by atoms with Crippen LogP contribution in [0.25, 0.3) is 0 Å². The van der Waals surface area contributed by atoms with E-state index in [2.05, 4.69) is 28.4 Å². The number of carbonyl (C=O) groups is 1. The van der Waals surface area contributed by atoms with Crippen LogP contribution in [0.3, 0.4) is 0 Å². The molecule has 148 valence electrons. The van der Waals surface area contributed by atoms with Gasteiger partial charge in [0.2, 0.25) is 5.91 Å². The first-order chi connectivity index (χ1) is 13.2. The maximum atomic E-state index is 11.7. The maximum absolute atomic E-state index is 11.7. The third kappa shape index (κ3) is 3.93. The summed E-state index contributed by atoms with van der Waals surface area (Å²) >= 11 is 0. The number of amides is 1. The normalized spacial score (nSPS) is 30.7. The Morgan fingerprint density at radius 2 is 1.96 bits per heavy atom. The van der Waals surface area contributed by atoms with Crippen molar-refractivity contribution >= 4 is 11.6 Å². The minimum atomic E-state index is 0.0164. The van der Waals surface area contributed by atoms with Gasteiger partial charge in [0.25, 0.3) is 0 Å². The Labute approximate surface area is 162 Å². The molecule has 27 heavy (non-hydrogen) atoms. The van der Waals surface area contributed by atoms with E-state index in [1.165, 1.54) is 31.4 Å². The summed E-state index contributed by atoms with van der Waals surface area (Å²) in [5.74, 6) is 1.44. The molecule has 5 nitrogen and oxygen atoms in total. The number of rotatable bonds is 4. The topological polar surface area (TPSA) is 50.8 Å². The van der Waals surface area contributed by atoms with Crippen molar-refractivity contribution in [1.29, 1.82) is 0 Å². The number of ether oxygens (including phenoxy) is 2. The average molecular weight is 373 g/mol. The van der Waals surface area contributed by atoms with Crippen LogP contribution in [0.5, 0.6) is 5.75 Å². The van der Waals surface area contributed by atoms with Crippen molar-refractivity contribution in [2.24, 2.45) is 5.92 Å².